The molecule has 0 heterocycles. The molecule has 0 aliphatic carbocycles. The Morgan fingerprint density at radius 1 is 1.16 bits per heavy atom. The van der Waals surface area contributed by atoms with E-state index in [1.165, 1.54) is 7.05 Å². The maximum Gasteiger partial charge on any atom is 0.247 e. The fourth-order valence-corrected chi connectivity index (χ4v) is 2.96. The van der Waals surface area contributed by atoms with Crippen molar-refractivity contribution in [2.75, 3.05) is 18.6 Å². The zero-order chi connectivity index (χ0) is 18.4. The first-order valence-electron chi connectivity index (χ1n) is 7.57. The summed E-state index contributed by atoms with van der Waals surface area (Å²) < 4.78 is 24.9. The van der Waals surface area contributed by atoms with Crippen molar-refractivity contribution in [2.45, 2.75) is 12.5 Å². The van der Waals surface area contributed by atoms with Gasteiger partial charge in [-0.25, -0.2) is 8.42 Å². The highest BCUT2D eigenvalue weighted by Crippen LogP contribution is 2.24. The molecule has 0 aliphatic rings. The lowest BCUT2D eigenvalue weighted by atomic mass is 10.1. The summed E-state index contributed by atoms with van der Waals surface area (Å²) in [6.45, 7) is 0. The second kappa shape index (κ2) is 7.92. The number of likely N-dealkylation sites (N-methyl/N-ethyl adjacent to an activating group) is 1. The van der Waals surface area contributed by atoms with Crippen molar-refractivity contribution in [3.63, 3.8) is 0 Å². The topological polar surface area (TPSA) is 90.3 Å². The van der Waals surface area contributed by atoms with Gasteiger partial charge in [-0.3, -0.25) is 4.79 Å². The minimum atomic E-state index is -3.57. The number of nitriles is 1. The molecule has 25 heavy (non-hydrogen) atoms. The number of hydrogen-bond donors (Lipinski definition) is 1. The van der Waals surface area contributed by atoms with Gasteiger partial charge in [0.05, 0.1) is 18.7 Å². The predicted molar refractivity (Wildman–Crippen MR) is 96.2 cm³/mol. The van der Waals surface area contributed by atoms with Crippen LogP contribution in [0, 0.1) is 11.3 Å². The Bertz CT molecular complexity index is 872. The van der Waals surface area contributed by atoms with Gasteiger partial charge in [0.2, 0.25) is 15.9 Å². The van der Waals surface area contributed by atoms with E-state index in [2.05, 4.69) is 11.4 Å². The quantitative estimate of drug-likeness (QED) is 0.859. The van der Waals surface area contributed by atoms with Gasteiger partial charge in [0.1, 0.15) is 6.04 Å². The number of benzene rings is 2. The number of anilines is 1. The molecule has 0 aliphatic heterocycles. The van der Waals surface area contributed by atoms with Crippen LogP contribution in [0.15, 0.2) is 54.6 Å². The Morgan fingerprint density at radius 2 is 1.76 bits per heavy atom. The highest BCUT2D eigenvalue weighted by Gasteiger charge is 2.30. The average Bonchev–Trinajstić information content (AvgIpc) is 2.57. The SMILES string of the molecule is CN([C@H](C(=O)Nc1ccc(CC#N)cc1)c1ccccc1)S(C)(=O)=O. The maximum absolute atomic E-state index is 12.7. The van der Waals surface area contributed by atoms with Crippen molar-refractivity contribution < 1.29 is 13.2 Å². The molecular formula is C18H19N3O3S. The van der Waals surface area contributed by atoms with Crippen LogP contribution >= 0.6 is 0 Å². The fourth-order valence-electron chi connectivity index (χ4n) is 2.36. The number of sulfonamides is 1. The second-order valence-electron chi connectivity index (χ2n) is 5.61. The molecule has 2 aromatic rings. The number of carbonyl (C=O) groups excluding carboxylic acids is 1. The van der Waals surface area contributed by atoms with Gasteiger partial charge in [0.25, 0.3) is 0 Å². The first kappa shape index (κ1) is 18.6. The Labute approximate surface area is 147 Å². The zero-order valence-corrected chi connectivity index (χ0v) is 14.8. The van der Waals surface area contributed by atoms with Crippen molar-refractivity contribution in [1.82, 2.24) is 4.31 Å². The summed E-state index contributed by atoms with van der Waals surface area (Å²) in [7, 11) is -2.19. The van der Waals surface area contributed by atoms with Crippen LogP contribution in [0.3, 0.4) is 0 Å². The molecule has 6 nitrogen and oxygen atoms in total. The van der Waals surface area contributed by atoms with Gasteiger partial charge in [-0.05, 0) is 23.3 Å². The van der Waals surface area contributed by atoms with E-state index in [9.17, 15) is 13.2 Å². The third kappa shape index (κ3) is 4.89. The van der Waals surface area contributed by atoms with E-state index in [4.69, 9.17) is 5.26 Å². The van der Waals surface area contributed by atoms with Crippen molar-refractivity contribution in [3.8, 4) is 6.07 Å². The van der Waals surface area contributed by atoms with Gasteiger partial charge in [0, 0.05) is 12.7 Å². The van der Waals surface area contributed by atoms with Crippen molar-refractivity contribution >= 4 is 21.6 Å². The van der Waals surface area contributed by atoms with Crippen LogP contribution in [0.4, 0.5) is 5.69 Å². The molecule has 2 rings (SSSR count). The summed E-state index contributed by atoms with van der Waals surface area (Å²) in [5.41, 5.74) is 1.96. The van der Waals surface area contributed by atoms with Crippen LogP contribution in [0.2, 0.25) is 0 Å². The third-order valence-corrected chi connectivity index (χ3v) is 5.01. The smallest absolute Gasteiger partial charge is 0.247 e. The van der Waals surface area contributed by atoms with Gasteiger partial charge in [-0.15, -0.1) is 0 Å². The van der Waals surface area contributed by atoms with Gasteiger partial charge in [-0.1, -0.05) is 42.5 Å². The summed E-state index contributed by atoms with van der Waals surface area (Å²) in [6.07, 6.45) is 1.35. The van der Waals surface area contributed by atoms with Crippen molar-refractivity contribution in [3.05, 3.63) is 65.7 Å². The van der Waals surface area contributed by atoms with E-state index in [-0.39, 0.29) is 6.42 Å². The lowest BCUT2D eigenvalue weighted by Crippen LogP contribution is -2.38. The van der Waals surface area contributed by atoms with Crippen LogP contribution in [-0.4, -0.2) is 31.9 Å². The molecule has 7 heteroatoms. The molecule has 0 radical (unpaired) electrons. The second-order valence-corrected chi connectivity index (χ2v) is 7.66. The van der Waals surface area contributed by atoms with Crippen LogP contribution in [0.1, 0.15) is 17.2 Å². The Kier molecular flexibility index (Phi) is 5.91. The lowest BCUT2D eigenvalue weighted by molar-refractivity contribution is -0.119. The predicted octanol–water partition coefficient (Wildman–Crippen LogP) is 2.32. The first-order chi connectivity index (χ1) is 11.8. The van der Waals surface area contributed by atoms with Gasteiger partial charge in [0.15, 0.2) is 0 Å². The molecule has 0 fully saturated rings. The van der Waals surface area contributed by atoms with Gasteiger partial charge >= 0.3 is 0 Å². The molecule has 0 unspecified atom stereocenters. The largest absolute Gasteiger partial charge is 0.324 e. The average molecular weight is 357 g/mol. The molecule has 1 N–H and O–H groups in total. The van der Waals surface area contributed by atoms with E-state index in [0.717, 1.165) is 16.1 Å². The summed E-state index contributed by atoms with van der Waals surface area (Å²) in [6, 6.07) is 16.7. The van der Waals surface area contributed by atoms with Gasteiger partial charge < -0.3 is 5.32 Å². The molecule has 2 aromatic carbocycles. The van der Waals surface area contributed by atoms with Crippen LogP contribution in [-0.2, 0) is 21.2 Å². The number of hydrogen-bond acceptors (Lipinski definition) is 4. The standard InChI is InChI=1S/C18H19N3O3S/c1-21(25(2,23)24)17(15-6-4-3-5-7-15)18(22)20-16-10-8-14(9-11-16)12-13-19/h3-11,17H,12H2,1-2H3,(H,20,22)/t17-/m0/s1. The van der Waals surface area contributed by atoms with Crippen LogP contribution < -0.4 is 5.32 Å². The highest BCUT2D eigenvalue weighted by atomic mass is 32.2. The molecule has 0 saturated carbocycles. The summed E-state index contributed by atoms with van der Waals surface area (Å²) in [5.74, 6) is -0.452. The first-order valence-corrected chi connectivity index (χ1v) is 9.42. The van der Waals surface area contributed by atoms with E-state index >= 15 is 0 Å². The highest BCUT2D eigenvalue weighted by molar-refractivity contribution is 7.88. The van der Waals surface area contributed by atoms with Crippen molar-refractivity contribution in [1.29, 1.82) is 5.26 Å². The number of amides is 1. The van der Waals surface area contributed by atoms with E-state index in [1.807, 2.05) is 0 Å². The minimum Gasteiger partial charge on any atom is -0.324 e. The lowest BCUT2D eigenvalue weighted by Gasteiger charge is -2.25. The van der Waals surface area contributed by atoms with Gasteiger partial charge in [-0.2, -0.15) is 9.57 Å². The molecule has 1 amide bonds. The number of rotatable bonds is 6. The summed E-state index contributed by atoms with van der Waals surface area (Å²) >= 11 is 0. The van der Waals surface area contributed by atoms with Crippen LogP contribution in [0.5, 0.6) is 0 Å². The monoisotopic (exact) mass is 357 g/mol. The molecule has 0 bridgehead atoms. The van der Waals surface area contributed by atoms with Crippen LogP contribution in [0.25, 0.3) is 0 Å². The maximum atomic E-state index is 12.7. The third-order valence-electron chi connectivity index (χ3n) is 3.76. The molecular weight excluding hydrogens is 338 g/mol. The normalized spacial score (nSPS) is 12.4. The Balaban J connectivity index is 2.28. The molecule has 0 saturated heterocycles. The minimum absolute atomic E-state index is 0.289. The molecule has 0 spiro atoms. The Hall–Kier alpha value is -2.69. The summed E-state index contributed by atoms with van der Waals surface area (Å²) in [4.78, 5) is 12.7. The molecule has 1 atom stereocenters. The number of carbonyl (C=O) groups is 1. The summed E-state index contributed by atoms with van der Waals surface area (Å²) in [5, 5.41) is 11.4. The molecule has 130 valence electrons. The number of nitrogens with one attached hydrogen (secondary N) is 1. The van der Waals surface area contributed by atoms with Crippen molar-refractivity contribution in [2.24, 2.45) is 0 Å². The fraction of sp³-hybridized carbons (Fsp3) is 0.222. The van der Waals surface area contributed by atoms with E-state index in [0.29, 0.717) is 11.3 Å². The number of nitrogens with zero attached hydrogens (tertiary/aromatic N) is 2. The van der Waals surface area contributed by atoms with E-state index < -0.39 is 22.0 Å². The molecule has 0 aromatic heterocycles. The van der Waals surface area contributed by atoms with E-state index in [1.54, 1.807) is 54.6 Å². The Morgan fingerprint density at radius 3 is 2.28 bits per heavy atom. The zero-order valence-electron chi connectivity index (χ0n) is 14.0.